The number of hydrogen-bond acceptors (Lipinski definition) is 2. The molecule has 2 aromatic carbocycles. The molecule has 0 saturated heterocycles. The summed E-state index contributed by atoms with van der Waals surface area (Å²) in [5.41, 5.74) is 1.19. The van der Waals surface area contributed by atoms with E-state index < -0.39 is 17.6 Å². The van der Waals surface area contributed by atoms with Crippen LogP contribution in [0.3, 0.4) is 0 Å². The Morgan fingerprint density at radius 2 is 1.54 bits per heavy atom. The van der Waals surface area contributed by atoms with Gasteiger partial charge in [0.1, 0.15) is 6.54 Å². The van der Waals surface area contributed by atoms with E-state index in [-0.39, 0.29) is 23.9 Å². The van der Waals surface area contributed by atoms with E-state index in [0.29, 0.717) is 19.6 Å². The molecule has 0 bridgehead atoms. The highest BCUT2D eigenvalue weighted by molar-refractivity contribution is 5.96. The van der Waals surface area contributed by atoms with E-state index in [2.05, 4.69) is 0 Å². The molecular weight excluding hydrogens is 455 g/mol. The second-order valence-corrected chi connectivity index (χ2v) is 9.00. The van der Waals surface area contributed by atoms with Crippen molar-refractivity contribution in [3.63, 3.8) is 0 Å². The van der Waals surface area contributed by atoms with Gasteiger partial charge >= 0.3 is 6.18 Å². The number of nitrogens with zero attached hydrogens (tertiary/aromatic N) is 3. The van der Waals surface area contributed by atoms with Crippen molar-refractivity contribution >= 4 is 11.8 Å². The van der Waals surface area contributed by atoms with Crippen molar-refractivity contribution in [2.45, 2.75) is 33.1 Å². The average Bonchev–Trinajstić information content (AvgIpc) is 3.22. The number of rotatable bonds is 9. The molecule has 3 aromatic rings. The van der Waals surface area contributed by atoms with Gasteiger partial charge in [0.25, 0.3) is 5.91 Å². The van der Waals surface area contributed by atoms with Gasteiger partial charge in [0.15, 0.2) is 0 Å². The van der Waals surface area contributed by atoms with E-state index in [4.69, 9.17) is 0 Å². The molecule has 0 aliphatic rings. The van der Waals surface area contributed by atoms with E-state index in [9.17, 15) is 22.8 Å². The van der Waals surface area contributed by atoms with Crippen LogP contribution in [-0.4, -0.2) is 39.3 Å². The molecule has 1 aromatic heterocycles. The molecule has 0 spiro atoms. The molecule has 3 rings (SSSR count). The number of alkyl halides is 3. The summed E-state index contributed by atoms with van der Waals surface area (Å²) in [6.45, 7) is 4.70. The predicted molar refractivity (Wildman–Crippen MR) is 128 cm³/mol. The van der Waals surface area contributed by atoms with Gasteiger partial charge in [0.05, 0.1) is 12.1 Å². The Kier molecular flexibility index (Phi) is 8.38. The SMILES string of the molecule is CC(C)CN(CC(=O)N(Cc1ccccc1)Cc1cccn1C)C(=O)c1ccc(C(F)(F)F)cc1. The van der Waals surface area contributed by atoms with Gasteiger partial charge in [0, 0.05) is 37.6 Å². The third-order valence-electron chi connectivity index (χ3n) is 5.63. The van der Waals surface area contributed by atoms with Crippen LogP contribution in [-0.2, 0) is 31.1 Å². The zero-order valence-electron chi connectivity index (χ0n) is 20.1. The topological polar surface area (TPSA) is 45.6 Å². The summed E-state index contributed by atoms with van der Waals surface area (Å²) < 4.78 is 40.7. The molecule has 0 N–H and O–H groups in total. The van der Waals surface area contributed by atoms with Crippen LogP contribution in [0.1, 0.15) is 41.0 Å². The van der Waals surface area contributed by atoms with Crippen LogP contribution < -0.4 is 0 Å². The number of amides is 2. The molecule has 1 heterocycles. The van der Waals surface area contributed by atoms with Crippen LogP contribution in [0.2, 0.25) is 0 Å². The minimum absolute atomic E-state index is 0.0663. The fourth-order valence-electron chi connectivity index (χ4n) is 3.80. The van der Waals surface area contributed by atoms with Crippen molar-refractivity contribution in [3.05, 3.63) is 95.3 Å². The van der Waals surface area contributed by atoms with Crippen molar-refractivity contribution in [1.29, 1.82) is 0 Å². The number of carbonyl (C=O) groups is 2. The van der Waals surface area contributed by atoms with Gasteiger partial charge in [-0.15, -0.1) is 0 Å². The van der Waals surface area contributed by atoms with Gasteiger partial charge in [-0.3, -0.25) is 9.59 Å². The molecule has 35 heavy (non-hydrogen) atoms. The first-order valence-corrected chi connectivity index (χ1v) is 11.4. The van der Waals surface area contributed by atoms with Crippen molar-refractivity contribution in [3.8, 4) is 0 Å². The van der Waals surface area contributed by atoms with Gasteiger partial charge in [0.2, 0.25) is 5.91 Å². The summed E-state index contributed by atoms with van der Waals surface area (Å²) in [6, 6.07) is 17.5. The Morgan fingerprint density at radius 3 is 2.09 bits per heavy atom. The molecule has 8 heteroatoms. The molecule has 186 valence electrons. The van der Waals surface area contributed by atoms with Gasteiger partial charge < -0.3 is 14.4 Å². The zero-order valence-corrected chi connectivity index (χ0v) is 20.1. The second-order valence-electron chi connectivity index (χ2n) is 9.00. The molecule has 0 aliphatic heterocycles. The Balaban J connectivity index is 1.82. The summed E-state index contributed by atoms with van der Waals surface area (Å²) in [7, 11) is 1.90. The molecule has 0 aliphatic carbocycles. The van der Waals surface area contributed by atoms with Crippen LogP contribution in [0.5, 0.6) is 0 Å². The highest BCUT2D eigenvalue weighted by Crippen LogP contribution is 2.29. The van der Waals surface area contributed by atoms with E-state index in [1.165, 1.54) is 4.90 Å². The van der Waals surface area contributed by atoms with Crippen molar-refractivity contribution < 1.29 is 22.8 Å². The van der Waals surface area contributed by atoms with Crippen molar-refractivity contribution in [2.75, 3.05) is 13.1 Å². The Morgan fingerprint density at radius 1 is 0.886 bits per heavy atom. The smallest absolute Gasteiger partial charge is 0.353 e. The lowest BCUT2D eigenvalue weighted by molar-refractivity contribution is -0.137. The fraction of sp³-hybridized carbons (Fsp3) is 0.333. The van der Waals surface area contributed by atoms with Gasteiger partial charge in [-0.25, -0.2) is 0 Å². The summed E-state index contributed by atoms with van der Waals surface area (Å²) >= 11 is 0. The maximum atomic E-state index is 13.5. The molecule has 0 unspecified atom stereocenters. The first-order valence-electron chi connectivity index (χ1n) is 11.4. The zero-order chi connectivity index (χ0) is 25.6. The molecule has 0 atom stereocenters. The molecule has 5 nitrogen and oxygen atoms in total. The number of aromatic nitrogens is 1. The summed E-state index contributed by atoms with van der Waals surface area (Å²) in [5.74, 6) is -0.646. The maximum Gasteiger partial charge on any atom is 0.416 e. The van der Waals surface area contributed by atoms with E-state index in [1.54, 1.807) is 4.90 Å². The third kappa shape index (κ3) is 7.21. The van der Waals surface area contributed by atoms with E-state index in [1.807, 2.05) is 74.1 Å². The quantitative estimate of drug-likeness (QED) is 0.409. The van der Waals surface area contributed by atoms with Crippen LogP contribution in [0.25, 0.3) is 0 Å². The highest BCUT2D eigenvalue weighted by Gasteiger charge is 2.31. The van der Waals surface area contributed by atoms with Crippen molar-refractivity contribution in [1.82, 2.24) is 14.4 Å². The van der Waals surface area contributed by atoms with E-state index >= 15 is 0 Å². The first-order chi connectivity index (χ1) is 16.5. The molecule has 0 radical (unpaired) electrons. The van der Waals surface area contributed by atoms with Gasteiger partial charge in [-0.05, 0) is 47.9 Å². The normalized spacial score (nSPS) is 11.5. The molecule has 2 amide bonds. The summed E-state index contributed by atoms with van der Waals surface area (Å²) in [4.78, 5) is 29.8. The standard InChI is InChI=1S/C27H30F3N3O2/c1-20(2)16-33(26(35)22-11-13-23(14-12-22)27(28,29)30)19-25(34)32(17-21-8-5-4-6-9-21)18-24-10-7-15-31(24)3/h4-15,20H,16-19H2,1-3H3. The predicted octanol–water partition coefficient (Wildman–Crippen LogP) is 5.37. The minimum atomic E-state index is -4.48. The number of aryl methyl sites for hydroxylation is 1. The largest absolute Gasteiger partial charge is 0.416 e. The Hall–Kier alpha value is -3.55. The fourth-order valence-corrected chi connectivity index (χ4v) is 3.80. The van der Waals surface area contributed by atoms with Crippen LogP contribution in [0, 0.1) is 5.92 Å². The number of benzene rings is 2. The lowest BCUT2D eigenvalue weighted by Crippen LogP contribution is -2.44. The third-order valence-corrected chi connectivity index (χ3v) is 5.63. The minimum Gasteiger partial charge on any atom is -0.353 e. The number of hydrogen-bond donors (Lipinski definition) is 0. The molecule has 0 saturated carbocycles. The highest BCUT2D eigenvalue weighted by atomic mass is 19.4. The van der Waals surface area contributed by atoms with E-state index in [0.717, 1.165) is 35.5 Å². The average molecular weight is 486 g/mol. The lowest BCUT2D eigenvalue weighted by Gasteiger charge is -2.29. The summed E-state index contributed by atoms with van der Waals surface area (Å²) in [5, 5.41) is 0. The monoisotopic (exact) mass is 485 g/mol. The lowest BCUT2D eigenvalue weighted by atomic mass is 10.1. The Labute approximate surface area is 203 Å². The number of carbonyl (C=O) groups excluding carboxylic acids is 2. The van der Waals surface area contributed by atoms with Crippen LogP contribution in [0.4, 0.5) is 13.2 Å². The second kappa shape index (κ2) is 11.3. The molecular formula is C27H30F3N3O2. The first kappa shape index (κ1) is 26.1. The maximum absolute atomic E-state index is 13.5. The van der Waals surface area contributed by atoms with Gasteiger partial charge in [-0.2, -0.15) is 13.2 Å². The van der Waals surface area contributed by atoms with Gasteiger partial charge in [-0.1, -0.05) is 44.2 Å². The van der Waals surface area contributed by atoms with Crippen LogP contribution in [0.15, 0.2) is 72.9 Å². The number of halogens is 3. The van der Waals surface area contributed by atoms with Crippen molar-refractivity contribution in [2.24, 2.45) is 13.0 Å². The van der Waals surface area contributed by atoms with Crippen LogP contribution >= 0.6 is 0 Å². The summed E-state index contributed by atoms with van der Waals surface area (Å²) in [6.07, 6.45) is -2.58. The Bertz CT molecular complexity index is 1120. The molecule has 0 fully saturated rings.